The second-order valence-corrected chi connectivity index (χ2v) is 12.2. The van der Waals surface area contributed by atoms with Gasteiger partial charge < -0.3 is 23.8 Å². The summed E-state index contributed by atoms with van der Waals surface area (Å²) in [4.78, 5) is 44.7. The van der Waals surface area contributed by atoms with Crippen LogP contribution in [0, 0.1) is 0 Å². The van der Waals surface area contributed by atoms with Crippen LogP contribution in [0.2, 0.25) is 0 Å². The number of hydrogen-bond donors (Lipinski definition) is 3. The fourth-order valence-corrected chi connectivity index (χ4v) is 6.46. The van der Waals surface area contributed by atoms with Crippen molar-refractivity contribution in [2.45, 2.75) is 55.7 Å². The molecule has 16 heteroatoms. The van der Waals surface area contributed by atoms with Gasteiger partial charge in [0.15, 0.2) is 6.23 Å². The Morgan fingerprint density at radius 3 is 2.35 bits per heavy atom. The van der Waals surface area contributed by atoms with Crippen LogP contribution in [-0.4, -0.2) is 62.3 Å². The normalized spacial score (nSPS) is 28.9. The lowest BCUT2D eigenvalue weighted by Crippen LogP contribution is -2.39. The number of H-pyrrole nitrogens is 1. The lowest BCUT2D eigenvalue weighted by molar-refractivity contribution is -0.0476. The molecule has 0 aliphatic carbocycles. The molecule has 1 aliphatic rings. The van der Waals surface area contributed by atoms with Crippen LogP contribution in [-0.2, 0) is 32.2 Å². The molecule has 3 N–H and O–H groups in total. The van der Waals surface area contributed by atoms with Crippen molar-refractivity contribution in [3.8, 4) is 0 Å². The topological polar surface area (TPSA) is 176 Å². The molecule has 1 aromatic heterocycles. The van der Waals surface area contributed by atoms with E-state index in [4.69, 9.17) is 18.5 Å². The molecule has 0 amide bonds. The van der Waals surface area contributed by atoms with E-state index in [1.165, 1.54) is 34.1 Å². The Morgan fingerprint density at radius 1 is 1.19 bits per heavy atom. The number of methoxy groups -OCH3 is 1. The van der Waals surface area contributed by atoms with Crippen molar-refractivity contribution in [1.82, 2.24) is 9.55 Å². The van der Waals surface area contributed by atoms with Crippen LogP contribution >= 0.6 is 27.2 Å². The van der Waals surface area contributed by atoms with Crippen LogP contribution in [0.15, 0.2) is 21.9 Å². The highest BCUT2D eigenvalue weighted by Crippen LogP contribution is 2.56. The number of hydrogen-bond acceptors (Lipinski definition) is 10. The first-order chi connectivity index (χ1) is 14.3. The number of thioether (sulfide) groups is 1. The molecule has 1 aliphatic heterocycles. The summed E-state index contributed by atoms with van der Waals surface area (Å²) in [5.74, 6) is 0. The number of phosphoric ester groups is 1. The minimum atomic E-state index is -4.60. The molecule has 1 aromatic rings. The van der Waals surface area contributed by atoms with Crippen molar-refractivity contribution in [3.05, 3.63) is 33.1 Å². The Labute approximate surface area is 182 Å². The lowest BCUT2D eigenvalue weighted by atomic mass is 10.2. The number of aromatic amines is 1. The minimum Gasteiger partial charge on any atom is -0.374 e. The molecule has 0 saturated carbocycles. The van der Waals surface area contributed by atoms with Crippen LogP contribution in [0.1, 0.15) is 27.0 Å². The van der Waals surface area contributed by atoms with Gasteiger partial charge in [-0.05, 0) is 20.8 Å². The second kappa shape index (κ2) is 10.4. The summed E-state index contributed by atoms with van der Waals surface area (Å²) in [6, 6.07) is 1.09. The smallest absolute Gasteiger partial charge is 0.374 e. The van der Waals surface area contributed by atoms with Crippen LogP contribution in [0.25, 0.3) is 0 Å². The summed E-state index contributed by atoms with van der Waals surface area (Å²) in [5, 5.41) is 0. The van der Waals surface area contributed by atoms with E-state index in [2.05, 4.69) is 9.51 Å². The molecule has 5 unspecified atom stereocenters. The van der Waals surface area contributed by atoms with E-state index in [0.29, 0.717) is 0 Å². The first-order valence-electron chi connectivity index (χ1n) is 9.04. The Kier molecular flexibility index (Phi) is 8.90. The van der Waals surface area contributed by atoms with Crippen molar-refractivity contribution in [3.63, 3.8) is 0 Å². The van der Waals surface area contributed by atoms with Crippen molar-refractivity contribution < 1.29 is 42.0 Å². The SMILES string of the molecule is COC1C(OP(=O)(O)OC(C)C)[C@@H](SC(C)P(=O)(O)OC)O[C@H]1n1ccc(=O)[nH]c1=O. The molecule has 13 nitrogen and oxygen atoms in total. The van der Waals surface area contributed by atoms with Crippen molar-refractivity contribution in [2.75, 3.05) is 14.2 Å². The molecule has 1 fully saturated rings. The Bertz CT molecular complexity index is 967. The third-order valence-corrected chi connectivity index (χ3v) is 9.04. The maximum absolute atomic E-state index is 12.4. The average molecular weight is 504 g/mol. The first kappa shape index (κ1) is 26.5. The van der Waals surface area contributed by atoms with Gasteiger partial charge >= 0.3 is 21.1 Å². The van der Waals surface area contributed by atoms with Crippen LogP contribution in [0.4, 0.5) is 0 Å². The minimum absolute atomic E-state index is 0.632. The molecule has 0 aromatic carbocycles. The highest BCUT2D eigenvalue weighted by molar-refractivity contribution is 8.05. The lowest BCUT2D eigenvalue weighted by Gasteiger charge is -2.27. The largest absolute Gasteiger partial charge is 0.472 e. The van der Waals surface area contributed by atoms with E-state index in [1.54, 1.807) is 0 Å². The summed E-state index contributed by atoms with van der Waals surface area (Å²) < 4.78 is 51.7. The summed E-state index contributed by atoms with van der Waals surface area (Å²) in [7, 11) is -6.31. The van der Waals surface area contributed by atoms with Crippen LogP contribution in [0.5, 0.6) is 0 Å². The van der Waals surface area contributed by atoms with Gasteiger partial charge in [0.2, 0.25) is 0 Å². The van der Waals surface area contributed by atoms with E-state index in [1.807, 2.05) is 0 Å². The van der Waals surface area contributed by atoms with Gasteiger partial charge in [0.05, 0.1) is 6.10 Å². The highest BCUT2D eigenvalue weighted by atomic mass is 32.2. The highest BCUT2D eigenvalue weighted by Gasteiger charge is 2.52. The summed E-state index contributed by atoms with van der Waals surface area (Å²) >= 11 is 0.793. The van der Waals surface area contributed by atoms with E-state index in [-0.39, 0.29) is 0 Å². The molecule has 2 heterocycles. The third kappa shape index (κ3) is 6.61. The number of ether oxygens (including phenoxy) is 2. The van der Waals surface area contributed by atoms with Gasteiger partial charge in [0, 0.05) is 26.5 Å². The standard InChI is InChI=1S/C15H26N2O11P2S/c1-8(2)27-30(22,23)28-12-11(24-4)13(17-7-6-10(18)16-15(17)19)26-14(12)31-9(3)29(20,21)25-5/h6-9,11-14H,1-5H3,(H,20,21)(H,22,23)(H,16,18,19)/t9?,11?,12?,13-,14-/m1/s1. The van der Waals surface area contributed by atoms with Gasteiger partial charge in [-0.1, -0.05) is 0 Å². The molecular weight excluding hydrogens is 478 g/mol. The average Bonchev–Trinajstić information content (AvgIpc) is 2.96. The van der Waals surface area contributed by atoms with E-state index < -0.39 is 61.6 Å². The zero-order chi connectivity index (χ0) is 23.6. The predicted octanol–water partition coefficient (Wildman–Crippen LogP) is 1.23. The van der Waals surface area contributed by atoms with Gasteiger partial charge in [-0.15, -0.1) is 11.8 Å². The van der Waals surface area contributed by atoms with E-state index in [9.17, 15) is 28.5 Å². The zero-order valence-corrected chi connectivity index (χ0v) is 20.0. The van der Waals surface area contributed by atoms with Crippen molar-refractivity contribution in [2.24, 2.45) is 0 Å². The molecule has 7 atom stereocenters. The van der Waals surface area contributed by atoms with Gasteiger partial charge in [-0.3, -0.25) is 28.0 Å². The number of nitrogens with zero attached hydrogens (tertiary/aromatic N) is 1. The molecule has 0 spiro atoms. The van der Waals surface area contributed by atoms with E-state index >= 15 is 0 Å². The third-order valence-electron chi connectivity index (χ3n) is 4.20. The Balaban J connectivity index is 2.43. The number of phosphoric acid groups is 1. The van der Waals surface area contributed by atoms with Crippen LogP contribution < -0.4 is 11.2 Å². The van der Waals surface area contributed by atoms with Gasteiger partial charge in [-0.2, -0.15) is 0 Å². The first-order valence-corrected chi connectivity index (χ1v) is 13.1. The van der Waals surface area contributed by atoms with Crippen molar-refractivity contribution >= 4 is 27.2 Å². The maximum atomic E-state index is 12.4. The monoisotopic (exact) mass is 504 g/mol. The fraction of sp³-hybridized carbons (Fsp3) is 0.733. The molecule has 2 rings (SSSR count). The summed E-state index contributed by atoms with van der Waals surface area (Å²) in [5.41, 5.74) is -2.59. The molecule has 178 valence electrons. The van der Waals surface area contributed by atoms with Crippen molar-refractivity contribution in [1.29, 1.82) is 0 Å². The molecule has 0 bridgehead atoms. The summed E-state index contributed by atoms with van der Waals surface area (Å²) in [6.45, 7) is 4.46. The number of aromatic nitrogens is 2. The van der Waals surface area contributed by atoms with Crippen LogP contribution in [0.3, 0.4) is 0 Å². The summed E-state index contributed by atoms with van der Waals surface area (Å²) in [6.07, 6.45) is -3.09. The quantitative estimate of drug-likeness (QED) is 0.389. The Hall–Kier alpha value is -0.790. The second-order valence-electron chi connectivity index (χ2n) is 6.79. The van der Waals surface area contributed by atoms with E-state index in [0.717, 1.165) is 29.5 Å². The van der Waals surface area contributed by atoms with Gasteiger partial charge in [0.1, 0.15) is 22.6 Å². The molecular formula is C15H26N2O11P2S. The number of nitrogens with one attached hydrogen (secondary N) is 1. The molecule has 0 radical (unpaired) electrons. The van der Waals surface area contributed by atoms with Gasteiger partial charge in [0.25, 0.3) is 5.56 Å². The Morgan fingerprint density at radius 2 is 1.84 bits per heavy atom. The van der Waals surface area contributed by atoms with Gasteiger partial charge in [-0.25, -0.2) is 9.36 Å². The molecule has 1 saturated heterocycles. The maximum Gasteiger partial charge on any atom is 0.472 e. The predicted molar refractivity (Wildman–Crippen MR) is 111 cm³/mol. The number of rotatable bonds is 10. The fourth-order valence-electron chi connectivity index (χ4n) is 2.80. The molecule has 31 heavy (non-hydrogen) atoms. The zero-order valence-electron chi connectivity index (χ0n) is 17.4.